The fourth-order valence-electron chi connectivity index (χ4n) is 2.05. The molecule has 0 bridgehead atoms. The Hall–Kier alpha value is -0.0800. The fraction of sp³-hybridized carbons (Fsp3) is 1.00. The van der Waals surface area contributed by atoms with Gasteiger partial charge >= 0.3 is 0 Å². The van der Waals surface area contributed by atoms with Crippen molar-refractivity contribution in [3.63, 3.8) is 0 Å². The first-order valence-electron chi connectivity index (χ1n) is 7.73. The quantitative estimate of drug-likeness (QED) is 0.454. The number of rotatable bonds is 14. The molecule has 0 aromatic carbocycles. The summed E-state index contributed by atoms with van der Waals surface area (Å²) in [6, 6.07) is 0. The second-order valence-corrected chi connectivity index (χ2v) is 5.01. The molecule has 0 fully saturated rings. The number of aliphatic hydroxyl groups excluding tert-OH is 1. The van der Waals surface area contributed by atoms with Crippen molar-refractivity contribution in [2.24, 2.45) is 0 Å². The molecule has 0 saturated carbocycles. The van der Waals surface area contributed by atoms with Crippen LogP contribution in [0.3, 0.4) is 0 Å². The predicted molar refractivity (Wildman–Crippen MR) is 76.4 cm³/mol. The van der Waals surface area contributed by atoms with Gasteiger partial charge < -0.3 is 10.4 Å². The van der Waals surface area contributed by atoms with E-state index in [2.05, 4.69) is 12.2 Å². The molecule has 0 aromatic rings. The standard InChI is InChI=1S/C15H33NO/c1-2-3-4-7-10-13-16-14-11-8-5-6-9-12-15-17/h16-17H,2-15H2,1H3. The molecule has 0 saturated heterocycles. The molecule has 0 aliphatic rings. The smallest absolute Gasteiger partial charge is 0.0431 e. The van der Waals surface area contributed by atoms with E-state index in [1.807, 2.05) is 0 Å². The van der Waals surface area contributed by atoms with Crippen LogP contribution in [0, 0.1) is 0 Å². The van der Waals surface area contributed by atoms with E-state index in [1.165, 1.54) is 77.3 Å². The first-order chi connectivity index (χ1) is 8.41. The largest absolute Gasteiger partial charge is 0.396 e. The summed E-state index contributed by atoms with van der Waals surface area (Å²) in [4.78, 5) is 0. The highest BCUT2D eigenvalue weighted by Crippen LogP contribution is 2.04. The lowest BCUT2D eigenvalue weighted by Crippen LogP contribution is -2.16. The van der Waals surface area contributed by atoms with Crippen LogP contribution in [0.5, 0.6) is 0 Å². The molecular formula is C15H33NO. The van der Waals surface area contributed by atoms with Gasteiger partial charge in [-0.2, -0.15) is 0 Å². The lowest BCUT2D eigenvalue weighted by molar-refractivity contribution is 0.282. The van der Waals surface area contributed by atoms with Crippen molar-refractivity contribution >= 4 is 0 Å². The Morgan fingerprint density at radius 1 is 0.647 bits per heavy atom. The maximum Gasteiger partial charge on any atom is 0.0431 e. The average Bonchev–Trinajstić information content (AvgIpc) is 2.35. The van der Waals surface area contributed by atoms with Gasteiger partial charge in [0.05, 0.1) is 0 Å². The van der Waals surface area contributed by atoms with Gasteiger partial charge in [0.15, 0.2) is 0 Å². The number of hydrogen-bond donors (Lipinski definition) is 2. The van der Waals surface area contributed by atoms with Crippen molar-refractivity contribution in [3.05, 3.63) is 0 Å². The summed E-state index contributed by atoms with van der Waals surface area (Å²) in [5, 5.41) is 12.2. The highest BCUT2D eigenvalue weighted by molar-refractivity contribution is 4.51. The molecule has 2 heteroatoms. The van der Waals surface area contributed by atoms with Crippen LogP contribution < -0.4 is 5.32 Å². The maximum atomic E-state index is 8.63. The van der Waals surface area contributed by atoms with E-state index in [0.29, 0.717) is 6.61 Å². The van der Waals surface area contributed by atoms with Crippen molar-refractivity contribution in [1.82, 2.24) is 5.32 Å². The third-order valence-electron chi connectivity index (χ3n) is 3.22. The van der Waals surface area contributed by atoms with Crippen LogP contribution in [0.25, 0.3) is 0 Å². The van der Waals surface area contributed by atoms with E-state index in [-0.39, 0.29) is 0 Å². The highest BCUT2D eigenvalue weighted by Gasteiger charge is 1.92. The Kier molecular flexibility index (Phi) is 15.8. The zero-order chi connectivity index (χ0) is 12.6. The summed E-state index contributed by atoms with van der Waals surface area (Å²) in [5.41, 5.74) is 0. The van der Waals surface area contributed by atoms with Crippen molar-refractivity contribution in [1.29, 1.82) is 0 Å². The minimum atomic E-state index is 0.361. The Morgan fingerprint density at radius 2 is 1.12 bits per heavy atom. The fourth-order valence-corrected chi connectivity index (χ4v) is 2.05. The SMILES string of the molecule is CCCCCCCNCCCCCCCCO. The van der Waals surface area contributed by atoms with Crippen LogP contribution in [0.4, 0.5) is 0 Å². The van der Waals surface area contributed by atoms with Crippen LogP contribution >= 0.6 is 0 Å². The molecule has 0 spiro atoms. The van der Waals surface area contributed by atoms with E-state index in [0.717, 1.165) is 6.42 Å². The van der Waals surface area contributed by atoms with E-state index in [9.17, 15) is 0 Å². The Bertz CT molecular complexity index is 114. The Labute approximate surface area is 108 Å². The zero-order valence-electron chi connectivity index (χ0n) is 11.8. The average molecular weight is 243 g/mol. The van der Waals surface area contributed by atoms with Gasteiger partial charge in [-0.3, -0.25) is 0 Å². The van der Waals surface area contributed by atoms with E-state index >= 15 is 0 Å². The zero-order valence-corrected chi connectivity index (χ0v) is 11.8. The van der Waals surface area contributed by atoms with E-state index < -0.39 is 0 Å². The molecule has 0 amide bonds. The maximum absolute atomic E-state index is 8.63. The second kappa shape index (κ2) is 15.9. The van der Waals surface area contributed by atoms with Crippen molar-refractivity contribution < 1.29 is 5.11 Å². The Balaban J connectivity index is 2.85. The summed E-state index contributed by atoms with van der Waals surface area (Å²) in [6.45, 7) is 5.01. The highest BCUT2D eigenvalue weighted by atomic mass is 16.2. The Morgan fingerprint density at radius 3 is 1.65 bits per heavy atom. The molecule has 2 N–H and O–H groups in total. The number of aliphatic hydroxyl groups is 1. The monoisotopic (exact) mass is 243 g/mol. The van der Waals surface area contributed by atoms with Crippen molar-refractivity contribution in [2.45, 2.75) is 77.6 Å². The summed E-state index contributed by atoms with van der Waals surface area (Å²) in [7, 11) is 0. The van der Waals surface area contributed by atoms with Crippen molar-refractivity contribution in [3.8, 4) is 0 Å². The summed E-state index contributed by atoms with van der Waals surface area (Å²) in [5.74, 6) is 0. The number of nitrogens with one attached hydrogen (secondary N) is 1. The van der Waals surface area contributed by atoms with Gasteiger partial charge in [-0.05, 0) is 32.4 Å². The molecule has 0 aliphatic heterocycles. The molecule has 0 atom stereocenters. The van der Waals surface area contributed by atoms with Crippen molar-refractivity contribution in [2.75, 3.05) is 19.7 Å². The lowest BCUT2D eigenvalue weighted by Gasteiger charge is -2.04. The van der Waals surface area contributed by atoms with Gasteiger partial charge in [0.25, 0.3) is 0 Å². The van der Waals surface area contributed by atoms with Gasteiger partial charge in [0.1, 0.15) is 0 Å². The first-order valence-corrected chi connectivity index (χ1v) is 7.73. The molecule has 0 aromatic heterocycles. The molecule has 0 unspecified atom stereocenters. The molecule has 0 radical (unpaired) electrons. The number of unbranched alkanes of at least 4 members (excludes halogenated alkanes) is 9. The van der Waals surface area contributed by atoms with Gasteiger partial charge in [0.2, 0.25) is 0 Å². The molecule has 2 nitrogen and oxygen atoms in total. The van der Waals surface area contributed by atoms with Crippen LogP contribution in [0.15, 0.2) is 0 Å². The topological polar surface area (TPSA) is 32.3 Å². The number of hydrogen-bond acceptors (Lipinski definition) is 2. The molecule has 104 valence electrons. The third kappa shape index (κ3) is 15.9. The first kappa shape index (κ1) is 16.9. The van der Waals surface area contributed by atoms with Crippen LogP contribution in [0.2, 0.25) is 0 Å². The van der Waals surface area contributed by atoms with Gasteiger partial charge in [-0.1, -0.05) is 58.3 Å². The molecule has 0 aliphatic carbocycles. The summed E-state index contributed by atoms with van der Waals surface area (Å²) >= 11 is 0. The van der Waals surface area contributed by atoms with E-state index in [1.54, 1.807) is 0 Å². The van der Waals surface area contributed by atoms with Crippen LogP contribution in [-0.4, -0.2) is 24.8 Å². The molecule has 0 rings (SSSR count). The van der Waals surface area contributed by atoms with Gasteiger partial charge in [-0.25, -0.2) is 0 Å². The van der Waals surface area contributed by atoms with E-state index in [4.69, 9.17) is 5.11 Å². The van der Waals surface area contributed by atoms with Gasteiger partial charge in [0, 0.05) is 6.61 Å². The lowest BCUT2D eigenvalue weighted by atomic mass is 10.1. The minimum Gasteiger partial charge on any atom is -0.396 e. The molecule has 17 heavy (non-hydrogen) atoms. The summed E-state index contributed by atoms with van der Waals surface area (Å²) < 4.78 is 0. The summed E-state index contributed by atoms with van der Waals surface area (Å²) in [6.07, 6.45) is 14.3. The molecular weight excluding hydrogens is 210 g/mol. The minimum absolute atomic E-state index is 0.361. The van der Waals surface area contributed by atoms with Crippen LogP contribution in [-0.2, 0) is 0 Å². The van der Waals surface area contributed by atoms with Gasteiger partial charge in [-0.15, -0.1) is 0 Å². The molecule has 0 heterocycles. The second-order valence-electron chi connectivity index (χ2n) is 5.01. The van der Waals surface area contributed by atoms with Crippen LogP contribution in [0.1, 0.15) is 77.6 Å². The normalized spacial score (nSPS) is 10.9. The predicted octanol–water partition coefficient (Wildman–Crippen LogP) is 3.88. The third-order valence-corrected chi connectivity index (χ3v) is 3.22.